The van der Waals surface area contributed by atoms with Gasteiger partial charge in [-0.25, -0.2) is 4.39 Å². The van der Waals surface area contributed by atoms with Gasteiger partial charge in [0.25, 0.3) is 6.47 Å². The van der Waals surface area contributed by atoms with Crippen molar-refractivity contribution in [2.24, 2.45) is 11.8 Å². The summed E-state index contributed by atoms with van der Waals surface area (Å²) < 4.78 is 19.0. The van der Waals surface area contributed by atoms with Crippen molar-refractivity contribution in [2.75, 3.05) is 19.6 Å². The van der Waals surface area contributed by atoms with E-state index in [4.69, 9.17) is 9.90 Å². The van der Waals surface area contributed by atoms with E-state index < -0.39 is 0 Å². The number of nitrogens with zero attached hydrogens (tertiary/aromatic N) is 2. The highest BCUT2D eigenvalue weighted by Crippen LogP contribution is 2.36. The van der Waals surface area contributed by atoms with E-state index in [9.17, 15) is 9.18 Å². The summed E-state index contributed by atoms with van der Waals surface area (Å²) in [6.07, 6.45) is 3.06. The normalized spacial score (nSPS) is 22.4. The Bertz CT molecular complexity index is 1060. The smallest absolute Gasteiger partial charge is 0.290 e. The van der Waals surface area contributed by atoms with Crippen LogP contribution in [0.1, 0.15) is 29.8 Å². The summed E-state index contributed by atoms with van der Waals surface area (Å²) in [6.45, 7) is 3.19. The number of benzene rings is 2. The molecule has 0 radical (unpaired) electrons. The highest BCUT2D eigenvalue weighted by atomic mass is 32.1. The lowest BCUT2D eigenvalue weighted by Crippen LogP contribution is -2.47. The Morgan fingerprint density at radius 3 is 2.60 bits per heavy atom. The monoisotopic (exact) mass is 426 g/mol. The first-order valence-corrected chi connectivity index (χ1v) is 10.8. The van der Waals surface area contributed by atoms with Crippen LogP contribution in [0.3, 0.4) is 0 Å². The summed E-state index contributed by atoms with van der Waals surface area (Å²) in [4.78, 5) is 23.8. The molecule has 6 rings (SSSR count). The van der Waals surface area contributed by atoms with Gasteiger partial charge in [-0.2, -0.15) is 4.37 Å². The summed E-state index contributed by atoms with van der Waals surface area (Å²) in [7, 11) is 0. The van der Waals surface area contributed by atoms with Gasteiger partial charge in [0.1, 0.15) is 11.5 Å². The summed E-state index contributed by atoms with van der Waals surface area (Å²) in [5.41, 5.74) is 2.39. The van der Waals surface area contributed by atoms with E-state index in [1.54, 1.807) is 6.07 Å². The first-order chi connectivity index (χ1) is 14.6. The molecule has 3 aliphatic rings. The minimum Gasteiger partial charge on any atom is -0.483 e. The number of ketones is 1. The van der Waals surface area contributed by atoms with Crippen molar-refractivity contribution in [3.8, 4) is 11.1 Å². The molecule has 0 unspecified atom stereocenters. The third-order valence-corrected chi connectivity index (χ3v) is 6.94. The zero-order valence-corrected chi connectivity index (χ0v) is 17.3. The molecular formula is C23H23FN2O3S. The Morgan fingerprint density at radius 1 is 1.20 bits per heavy atom. The summed E-state index contributed by atoms with van der Waals surface area (Å²) in [5, 5.41) is 7.81. The number of carboxylic acid groups (broad SMARTS) is 1. The van der Waals surface area contributed by atoms with E-state index in [1.807, 2.05) is 24.3 Å². The topological polar surface area (TPSA) is 70.5 Å². The number of hydrogen-bond acceptors (Lipinski definition) is 5. The average Bonchev–Trinajstić information content (AvgIpc) is 3.19. The van der Waals surface area contributed by atoms with Gasteiger partial charge in [-0.15, -0.1) is 0 Å². The largest absolute Gasteiger partial charge is 0.483 e. The molecule has 0 aliphatic carbocycles. The number of fused-ring (bicyclic) bond motifs is 4. The van der Waals surface area contributed by atoms with Gasteiger partial charge in [0.2, 0.25) is 0 Å². The molecule has 7 heteroatoms. The molecule has 1 N–H and O–H groups in total. The molecule has 0 amide bonds. The van der Waals surface area contributed by atoms with Crippen LogP contribution in [0.25, 0.3) is 21.2 Å². The first-order valence-electron chi connectivity index (χ1n) is 10.1. The molecule has 2 aromatic carbocycles. The molecule has 3 aliphatic heterocycles. The molecular weight excluding hydrogens is 403 g/mol. The quantitative estimate of drug-likeness (QED) is 0.483. The van der Waals surface area contributed by atoms with Gasteiger partial charge in [-0.05, 0) is 78.6 Å². The van der Waals surface area contributed by atoms with Crippen LogP contribution in [-0.4, -0.2) is 46.3 Å². The fourth-order valence-corrected chi connectivity index (χ4v) is 5.47. The second kappa shape index (κ2) is 9.02. The Kier molecular flexibility index (Phi) is 6.20. The van der Waals surface area contributed by atoms with Crippen molar-refractivity contribution in [1.29, 1.82) is 0 Å². The van der Waals surface area contributed by atoms with Gasteiger partial charge in [0.15, 0.2) is 5.78 Å². The van der Waals surface area contributed by atoms with Crippen LogP contribution in [0.15, 0.2) is 42.5 Å². The van der Waals surface area contributed by atoms with Gasteiger partial charge in [-0.3, -0.25) is 9.59 Å². The van der Waals surface area contributed by atoms with Gasteiger partial charge in [0.05, 0.1) is 4.70 Å². The number of carbonyl (C=O) groups excluding carboxylic acids is 1. The van der Waals surface area contributed by atoms with Gasteiger partial charge in [-0.1, -0.05) is 24.3 Å². The lowest BCUT2D eigenvalue weighted by Gasteiger charge is -2.44. The van der Waals surface area contributed by atoms with Crippen molar-refractivity contribution in [3.63, 3.8) is 0 Å². The molecule has 156 valence electrons. The minimum atomic E-state index is -0.250. The summed E-state index contributed by atoms with van der Waals surface area (Å²) in [5.74, 6) is 1.09. The molecule has 30 heavy (non-hydrogen) atoms. The molecule has 0 saturated carbocycles. The summed E-state index contributed by atoms with van der Waals surface area (Å²) in [6, 6.07) is 12.5. The number of Topliss-reactive ketones (excluding diaryl/α,β-unsaturated/α-hetero) is 1. The predicted octanol–water partition coefficient (Wildman–Crippen LogP) is 4.72. The van der Waals surface area contributed by atoms with Crippen LogP contribution in [0, 0.1) is 17.7 Å². The van der Waals surface area contributed by atoms with Crippen LogP contribution >= 0.6 is 11.5 Å². The van der Waals surface area contributed by atoms with E-state index in [0.717, 1.165) is 27.8 Å². The number of hydrogen-bond donors (Lipinski definition) is 1. The second-order valence-corrected chi connectivity index (χ2v) is 8.69. The molecule has 4 heterocycles. The van der Waals surface area contributed by atoms with Crippen LogP contribution in [-0.2, 0) is 4.79 Å². The zero-order chi connectivity index (χ0) is 21.1. The standard InChI is InChI=1S/C22H21FN2OS.CH2O2/c23-18-3-1-2-15(10-18)16-4-5-19-21(12-16)27-24-22(19)20(26)11-17-13-25-8-6-14(17)7-9-25;2-1-3/h1-5,10,12,14,17H,6-9,11,13H2;1H,(H,2,3)/t17-;/m1./s1. The maximum absolute atomic E-state index is 13.5. The van der Waals surface area contributed by atoms with Crippen LogP contribution in [0.4, 0.5) is 4.39 Å². The lowest BCUT2D eigenvalue weighted by molar-refractivity contribution is -0.122. The minimum absolute atomic E-state index is 0.165. The molecule has 1 atom stereocenters. The Balaban J connectivity index is 0.000000687. The van der Waals surface area contributed by atoms with Crippen LogP contribution in [0.2, 0.25) is 0 Å². The number of piperidine rings is 3. The zero-order valence-electron chi connectivity index (χ0n) is 16.5. The average molecular weight is 427 g/mol. The molecule has 3 saturated heterocycles. The van der Waals surface area contributed by atoms with E-state index in [0.29, 0.717) is 24.0 Å². The van der Waals surface area contributed by atoms with Crippen molar-refractivity contribution in [1.82, 2.24) is 9.27 Å². The predicted molar refractivity (Wildman–Crippen MR) is 115 cm³/mol. The van der Waals surface area contributed by atoms with Crippen molar-refractivity contribution in [3.05, 3.63) is 54.0 Å². The molecule has 2 bridgehead atoms. The fourth-order valence-electron chi connectivity index (χ4n) is 4.64. The Morgan fingerprint density at radius 2 is 1.93 bits per heavy atom. The number of halogens is 1. The van der Waals surface area contributed by atoms with E-state index in [2.05, 4.69) is 9.27 Å². The van der Waals surface area contributed by atoms with E-state index in [1.165, 1.54) is 49.6 Å². The van der Waals surface area contributed by atoms with Gasteiger partial charge < -0.3 is 10.0 Å². The molecule has 0 spiro atoms. The van der Waals surface area contributed by atoms with Crippen molar-refractivity contribution >= 4 is 33.9 Å². The van der Waals surface area contributed by atoms with E-state index >= 15 is 0 Å². The Labute approximate surface area is 178 Å². The van der Waals surface area contributed by atoms with Gasteiger partial charge >= 0.3 is 0 Å². The van der Waals surface area contributed by atoms with E-state index in [-0.39, 0.29) is 18.1 Å². The molecule has 1 aromatic heterocycles. The first kappa shape index (κ1) is 20.6. The number of carbonyl (C=O) groups is 2. The van der Waals surface area contributed by atoms with Crippen molar-refractivity contribution < 1.29 is 19.1 Å². The number of aromatic nitrogens is 1. The molecule has 5 nitrogen and oxygen atoms in total. The highest BCUT2D eigenvalue weighted by molar-refractivity contribution is 7.13. The maximum atomic E-state index is 13.5. The fraction of sp³-hybridized carbons (Fsp3) is 0.348. The van der Waals surface area contributed by atoms with Gasteiger partial charge in [0, 0.05) is 18.4 Å². The highest BCUT2D eigenvalue weighted by Gasteiger charge is 2.35. The SMILES string of the molecule is O=C(C[C@@H]1CN2CCC1CC2)c1nsc2cc(-c3cccc(F)c3)ccc12.O=CO. The number of rotatable bonds is 4. The third-order valence-electron chi connectivity index (χ3n) is 6.13. The second-order valence-electron chi connectivity index (χ2n) is 7.88. The molecule has 3 fully saturated rings. The maximum Gasteiger partial charge on any atom is 0.290 e. The molecule has 3 aromatic rings. The third kappa shape index (κ3) is 4.27. The lowest BCUT2D eigenvalue weighted by atomic mass is 9.76. The van der Waals surface area contributed by atoms with Crippen LogP contribution in [0.5, 0.6) is 0 Å². The summed E-state index contributed by atoms with van der Waals surface area (Å²) >= 11 is 1.36. The Hall–Kier alpha value is -2.64. The van der Waals surface area contributed by atoms with Crippen LogP contribution < -0.4 is 0 Å². The van der Waals surface area contributed by atoms with Crippen molar-refractivity contribution in [2.45, 2.75) is 19.3 Å².